The molecule has 2 aromatic carbocycles. The number of carbonyl (C=O) groups is 1. The van der Waals surface area contributed by atoms with Gasteiger partial charge in [0, 0.05) is 60.0 Å². The van der Waals surface area contributed by atoms with E-state index in [9.17, 15) is 4.79 Å². The number of nitrogens with one attached hydrogen (secondary N) is 2. The average molecular weight is 514 g/mol. The maximum Gasteiger partial charge on any atom is 0.317 e. The number of piperidine rings is 1. The van der Waals surface area contributed by atoms with Gasteiger partial charge in [-0.2, -0.15) is 5.10 Å². The SMILES string of the molecule is O=C(N[C@@H]1CCCN(Cc2csc3ccccc23)C1)N1CCc2[nH]nc(-c3ccc4c(c3)CCO4)c2C1. The van der Waals surface area contributed by atoms with Crippen LogP contribution in [-0.2, 0) is 25.9 Å². The number of carbonyl (C=O) groups excluding carboxylic acids is 1. The summed E-state index contributed by atoms with van der Waals surface area (Å²) in [6.07, 6.45) is 3.86. The highest BCUT2D eigenvalue weighted by molar-refractivity contribution is 7.17. The van der Waals surface area contributed by atoms with E-state index in [1.807, 2.05) is 22.3 Å². The van der Waals surface area contributed by atoms with Crippen molar-refractivity contribution in [1.29, 1.82) is 0 Å². The third kappa shape index (κ3) is 4.38. The topological polar surface area (TPSA) is 73.5 Å². The highest BCUT2D eigenvalue weighted by atomic mass is 32.1. The van der Waals surface area contributed by atoms with Crippen LogP contribution in [0.15, 0.2) is 47.8 Å². The molecule has 3 aliphatic heterocycles. The van der Waals surface area contributed by atoms with Gasteiger partial charge >= 0.3 is 6.03 Å². The number of aromatic nitrogens is 2. The van der Waals surface area contributed by atoms with Gasteiger partial charge < -0.3 is 15.0 Å². The maximum absolute atomic E-state index is 13.3. The van der Waals surface area contributed by atoms with Crippen molar-refractivity contribution >= 4 is 27.5 Å². The number of aromatic amines is 1. The highest BCUT2D eigenvalue weighted by Gasteiger charge is 2.29. The summed E-state index contributed by atoms with van der Waals surface area (Å²) in [5, 5.41) is 14.9. The summed E-state index contributed by atoms with van der Waals surface area (Å²) in [7, 11) is 0. The number of nitrogens with zero attached hydrogens (tertiary/aromatic N) is 3. The first-order chi connectivity index (χ1) is 18.2. The molecule has 5 heterocycles. The molecule has 0 unspecified atom stereocenters. The van der Waals surface area contributed by atoms with Crippen molar-refractivity contribution in [1.82, 2.24) is 25.3 Å². The number of amides is 2. The number of benzene rings is 2. The van der Waals surface area contributed by atoms with Crippen LogP contribution in [0.4, 0.5) is 4.79 Å². The van der Waals surface area contributed by atoms with Gasteiger partial charge in [0.05, 0.1) is 18.8 Å². The predicted molar refractivity (Wildman–Crippen MR) is 146 cm³/mol. The van der Waals surface area contributed by atoms with E-state index in [1.54, 1.807) is 0 Å². The van der Waals surface area contributed by atoms with Crippen molar-refractivity contribution in [3.63, 3.8) is 0 Å². The number of thiophene rings is 1. The van der Waals surface area contributed by atoms with Crippen molar-refractivity contribution in [2.75, 3.05) is 26.2 Å². The molecule has 4 aromatic rings. The Balaban J connectivity index is 1.01. The number of ether oxygens (including phenoxy) is 1. The van der Waals surface area contributed by atoms with Crippen molar-refractivity contribution in [3.05, 3.63) is 70.2 Å². The van der Waals surface area contributed by atoms with Gasteiger partial charge in [-0.05, 0) is 65.5 Å². The highest BCUT2D eigenvalue weighted by Crippen LogP contribution is 2.34. The summed E-state index contributed by atoms with van der Waals surface area (Å²) in [5.41, 5.74) is 6.94. The lowest BCUT2D eigenvalue weighted by Gasteiger charge is -2.35. The monoisotopic (exact) mass is 513 g/mol. The molecule has 3 aliphatic rings. The third-order valence-electron chi connectivity index (χ3n) is 7.97. The minimum atomic E-state index is 0.0352. The molecular formula is C29H31N5O2S. The lowest BCUT2D eigenvalue weighted by molar-refractivity contribution is 0.160. The number of hydrogen-bond acceptors (Lipinski definition) is 5. The molecule has 1 fully saturated rings. The number of hydrogen-bond donors (Lipinski definition) is 2. The van der Waals surface area contributed by atoms with E-state index in [4.69, 9.17) is 4.74 Å². The fourth-order valence-corrected chi connectivity index (χ4v) is 6.97. The van der Waals surface area contributed by atoms with Crippen LogP contribution in [0, 0.1) is 0 Å². The zero-order valence-corrected chi connectivity index (χ0v) is 21.7. The zero-order valence-electron chi connectivity index (χ0n) is 20.8. The number of H-pyrrole nitrogens is 1. The largest absolute Gasteiger partial charge is 0.493 e. The van der Waals surface area contributed by atoms with Crippen molar-refractivity contribution in [2.24, 2.45) is 0 Å². The second-order valence-electron chi connectivity index (χ2n) is 10.4. The number of rotatable bonds is 4. The van der Waals surface area contributed by atoms with Crippen molar-refractivity contribution in [2.45, 2.75) is 44.8 Å². The molecule has 190 valence electrons. The second-order valence-corrected chi connectivity index (χ2v) is 11.3. The van der Waals surface area contributed by atoms with E-state index in [2.05, 4.69) is 62.2 Å². The molecule has 0 spiro atoms. The summed E-state index contributed by atoms with van der Waals surface area (Å²) < 4.78 is 7.01. The van der Waals surface area contributed by atoms with E-state index < -0.39 is 0 Å². The number of urea groups is 1. The van der Waals surface area contributed by atoms with E-state index in [0.29, 0.717) is 13.1 Å². The Morgan fingerprint density at radius 1 is 1.19 bits per heavy atom. The molecule has 0 aliphatic carbocycles. The lowest BCUT2D eigenvalue weighted by Crippen LogP contribution is -2.52. The first kappa shape index (κ1) is 22.8. The molecule has 1 atom stereocenters. The Labute approximate surface area is 220 Å². The first-order valence-electron chi connectivity index (χ1n) is 13.3. The Bertz CT molecular complexity index is 1460. The van der Waals surface area contributed by atoms with E-state index in [0.717, 1.165) is 80.2 Å². The molecule has 8 heteroatoms. The van der Waals surface area contributed by atoms with Crippen LogP contribution >= 0.6 is 11.3 Å². The van der Waals surface area contributed by atoms with Gasteiger partial charge in [0.15, 0.2) is 0 Å². The molecule has 1 saturated heterocycles. The molecule has 2 N–H and O–H groups in total. The molecule has 0 saturated carbocycles. The fraction of sp³-hybridized carbons (Fsp3) is 0.379. The standard InChI is InChI=1S/C29H31N5O2S/c35-29(30-22-4-3-11-33(16-22)15-21-18-37-27-6-2-1-5-23(21)27)34-12-9-25-24(17-34)28(32-31-25)20-7-8-26-19(14-20)10-13-36-26/h1-2,5-8,14,18,22H,3-4,9-13,15-17H2,(H,30,35)(H,31,32)/t22-/m1/s1. The van der Waals surface area contributed by atoms with Gasteiger partial charge in [-0.25, -0.2) is 4.79 Å². The van der Waals surface area contributed by atoms with E-state index in [1.165, 1.54) is 21.2 Å². The molecule has 0 radical (unpaired) electrons. The van der Waals surface area contributed by atoms with Crippen LogP contribution in [0.2, 0.25) is 0 Å². The summed E-state index contributed by atoms with van der Waals surface area (Å²) >= 11 is 1.82. The van der Waals surface area contributed by atoms with E-state index in [-0.39, 0.29) is 12.1 Å². The van der Waals surface area contributed by atoms with Crippen LogP contribution in [0.5, 0.6) is 5.75 Å². The number of likely N-dealkylation sites (tertiary alicyclic amines) is 1. The third-order valence-corrected chi connectivity index (χ3v) is 8.98. The Morgan fingerprint density at radius 2 is 2.14 bits per heavy atom. The Kier molecular flexibility index (Phi) is 5.86. The maximum atomic E-state index is 13.3. The Hall–Kier alpha value is -3.36. The minimum absolute atomic E-state index is 0.0352. The van der Waals surface area contributed by atoms with Gasteiger partial charge in [0.1, 0.15) is 5.75 Å². The van der Waals surface area contributed by atoms with Gasteiger partial charge in [-0.15, -0.1) is 11.3 Å². The Morgan fingerprint density at radius 3 is 3.11 bits per heavy atom. The van der Waals surface area contributed by atoms with Gasteiger partial charge in [0.25, 0.3) is 0 Å². The molecule has 2 aromatic heterocycles. The molecule has 0 bridgehead atoms. The van der Waals surface area contributed by atoms with Crippen molar-refractivity contribution in [3.8, 4) is 17.0 Å². The summed E-state index contributed by atoms with van der Waals surface area (Å²) in [5.74, 6) is 0.975. The van der Waals surface area contributed by atoms with Crippen LogP contribution < -0.4 is 10.1 Å². The number of fused-ring (bicyclic) bond motifs is 3. The summed E-state index contributed by atoms with van der Waals surface area (Å²) in [4.78, 5) is 17.8. The second kappa shape index (κ2) is 9.50. The van der Waals surface area contributed by atoms with Crippen LogP contribution in [-0.4, -0.2) is 58.3 Å². The average Bonchev–Trinajstić information content (AvgIpc) is 3.67. The lowest BCUT2D eigenvalue weighted by atomic mass is 9.99. The van der Waals surface area contributed by atoms with Gasteiger partial charge in [0.2, 0.25) is 0 Å². The van der Waals surface area contributed by atoms with Gasteiger partial charge in [-0.3, -0.25) is 10.00 Å². The smallest absolute Gasteiger partial charge is 0.317 e. The summed E-state index contributed by atoms with van der Waals surface area (Å²) in [6.45, 7) is 4.94. The van der Waals surface area contributed by atoms with Crippen LogP contribution in [0.25, 0.3) is 21.3 Å². The summed E-state index contributed by atoms with van der Waals surface area (Å²) in [6, 6.07) is 15.1. The quantitative estimate of drug-likeness (QED) is 0.405. The molecular weight excluding hydrogens is 482 g/mol. The first-order valence-corrected chi connectivity index (χ1v) is 14.1. The minimum Gasteiger partial charge on any atom is -0.493 e. The molecule has 2 amide bonds. The molecule has 7 nitrogen and oxygen atoms in total. The van der Waals surface area contributed by atoms with Gasteiger partial charge in [-0.1, -0.05) is 18.2 Å². The van der Waals surface area contributed by atoms with Crippen LogP contribution in [0.1, 0.15) is 35.2 Å². The van der Waals surface area contributed by atoms with E-state index >= 15 is 0 Å². The zero-order chi connectivity index (χ0) is 24.8. The molecule has 37 heavy (non-hydrogen) atoms. The normalized spacial score (nSPS) is 19.5. The predicted octanol–water partition coefficient (Wildman–Crippen LogP) is 4.96. The van der Waals surface area contributed by atoms with Crippen molar-refractivity contribution < 1.29 is 9.53 Å². The fourth-order valence-electron chi connectivity index (χ4n) is 6.02. The van der Waals surface area contributed by atoms with Crippen LogP contribution in [0.3, 0.4) is 0 Å². The molecule has 7 rings (SSSR count).